The molecule has 32 heavy (non-hydrogen) atoms. The maximum absolute atomic E-state index is 12.8. The van der Waals surface area contributed by atoms with Crippen molar-refractivity contribution in [3.05, 3.63) is 59.5 Å². The molecule has 1 fully saturated rings. The Morgan fingerprint density at radius 3 is 2.59 bits per heavy atom. The van der Waals surface area contributed by atoms with Crippen molar-refractivity contribution in [2.75, 3.05) is 22.1 Å². The van der Waals surface area contributed by atoms with Crippen LogP contribution in [0, 0.1) is 5.92 Å². The molecule has 1 aliphatic rings. The average molecular weight is 449 g/mol. The SMILES string of the molecule is CCc1ccccc1N1CC(C(=O)Nc2nc(-c3ccc(NC(C)=O)cc3)cs2)CC1=O. The van der Waals surface area contributed by atoms with Gasteiger partial charge in [-0.05, 0) is 30.2 Å². The topological polar surface area (TPSA) is 91.4 Å². The van der Waals surface area contributed by atoms with E-state index in [-0.39, 0.29) is 24.1 Å². The number of amides is 3. The van der Waals surface area contributed by atoms with Crippen LogP contribution in [0.2, 0.25) is 0 Å². The standard InChI is InChI=1S/C24H24N4O3S/c1-3-16-6-4-5-7-21(16)28-13-18(12-22(28)30)23(31)27-24-26-20(14-32-24)17-8-10-19(11-9-17)25-15(2)29/h4-11,14,18H,3,12-13H2,1-2H3,(H,25,29)(H,26,27,31). The molecule has 1 aliphatic heterocycles. The number of anilines is 3. The van der Waals surface area contributed by atoms with Gasteiger partial charge in [0.1, 0.15) is 0 Å². The van der Waals surface area contributed by atoms with Crippen LogP contribution >= 0.6 is 11.3 Å². The second-order valence-electron chi connectivity index (χ2n) is 7.67. The van der Waals surface area contributed by atoms with Crippen molar-refractivity contribution in [2.24, 2.45) is 5.92 Å². The van der Waals surface area contributed by atoms with Gasteiger partial charge in [-0.2, -0.15) is 0 Å². The summed E-state index contributed by atoms with van der Waals surface area (Å²) in [6, 6.07) is 15.2. The molecule has 3 aromatic rings. The third kappa shape index (κ3) is 4.70. The van der Waals surface area contributed by atoms with Crippen molar-refractivity contribution < 1.29 is 14.4 Å². The van der Waals surface area contributed by atoms with E-state index in [1.807, 2.05) is 41.8 Å². The Hall–Kier alpha value is -3.52. The monoisotopic (exact) mass is 448 g/mol. The summed E-state index contributed by atoms with van der Waals surface area (Å²) in [5.41, 5.74) is 4.31. The van der Waals surface area contributed by atoms with Gasteiger partial charge in [0, 0.05) is 42.2 Å². The first-order valence-electron chi connectivity index (χ1n) is 10.5. The van der Waals surface area contributed by atoms with Gasteiger partial charge >= 0.3 is 0 Å². The summed E-state index contributed by atoms with van der Waals surface area (Å²) >= 11 is 1.34. The Morgan fingerprint density at radius 1 is 1.12 bits per heavy atom. The van der Waals surface area contributed by atoms with Crippen molar-refractivity contribution in [1.82, 2.24) is 4.98 Å². The van der Waals surface area contributed by atoms with Gasteiger partial charge in [0.15, 0.2) is 5.13 Å². The van der Waals surface area contributed by atoms with E-state index in [4.69, 9.17) is 0 Å². The van der Waals surface area contributed by atoms with Crippen LogP contribution in [0.25, 0.3) is 11.3 Å². The molecule has 164 valence electrons. The van der Waals surface area contributed by atoms with Crippen molar-refractivity contribution in [2.45, 2.75) is 26.7 Å². The van der Waals surface area contributed by atoms with Crippen LogP contribution in [0.4, 0.5) is 16.5 Å². The lowest BCUT2D eigenvalue weighted by atomic mass is 10.1. The van der Waals surface area contributed by atoms with E-state index in [0.29, 0.717) is 17.4 Å². The first-order chi connectivity index (χ1) is 15.4. The fourth-order valence-corrected chi connectivity index (χ4v) is 4.51. The number of nitrogens with zero attached hydrogens (tertiary/aromatic N) is 2. The van der Waals surface area contributed by atoms with Gasteiger partial charge in [0.25, 0.3) is 0 Å². The van der Waals surface area contributed by atoms with Crippen LogP contribution in [-0.4, -0.2) is 29.3 Å². The molecule has 0 aliphatic carbocycles. The Morgan fingerprint density at radius 2 is 1.88 bits per heavy atom. The molecule has 3 amide bonds. The highest BCUT2D eigenvalue weighted by atomic mass is 32.1. The Labute approximate surface area is 190 Å². The number of benzene rings is 2. The second kappa shape index (κ2) is 9.32. The predicted octanol–water partition coefficient (Wildman–Crippen LogP) is 4.32. The van der Waals surface area contributed by atoms with Gasteiger partial charge in [-0.15, -0.1) is 11.3 Å². The van der Waals surface area contributed by atoms with Crippen LogP contribution in [0.1, 0.15) is 25.8 Å². The lowest BCUT2D eigenvalue weighted by Gasteiger charge is -2.19. The summed E-state index contributed by atoms with van der Waals surface area (Å²) < 4.78 is 0. The van der Waals surface area contributed by atoms with Crippen LogP contribution in [0.5, 0.6) is 0 Å². The normalized spacial score (nSPS) is 15.6. The molecular formula is C24H24N4O3S. The molecule has 2 heterocycles. The zero-order valence-electron chi connectivity index (χ0n) is 17.9. The zero-order chi connectivity index (χ0) is 22.7. The van der Waals surface area contributed by atoms with Gasteiger partial charge in [-0.25, -0.2) is 4.98 Å². The lowest BCUT2D eigenvalue weighted by Crippen LogP contribution is -2.28. The van der Waals surface area contributed by atoms with Gasteiger partial charge < -0.3 is 15.5 Å². The summed E-state index contributed by atoms with van der Waals surface area (Å²) in [5, 5.41) is 7.96. The first-order valence-corrected chi connectivity index (χ1v) is 11.3. The minimum atomic E-state index is -0.420. The number of para-hydroxylation sites is 1. The predicted molar refractivity (Wildman–Crippen MR) is 127 cm³/mol. The van der Waals surface area contributed by atoms with E-state index in [1.165, 1.54) is 18.3 Å². The van der Waals surface area contributed by atoms with Crippen LogP contribution < -0.4 is 15.5 Å². The van der Waals surface area contributed by atoms with Gasteiger partial charge in [-0.1, -0.05) is 37.3 Å². The van der Waals surface area contributed by atoms with Crippen LogP contribution in [0.15, 0.2) is 53.9 Å². The fourth-order valence-electron chi connectivity index (χ4n) is 3.79. The molecule has 1 aromatic heterocycles. The smallest absolute Gasteiger partial charge is 0.231 e. The number of carbonyl (C=O) groups excluding carboxylic acids is 3. The number of nitrogens with one attached hydrogen (secondary N) is 2. The molecular weight excluding hydrogens is 424 g/mol. The third-order valence-electron chi connectivity index (χ3n) is 5.39. The quantitative estimate of drug-likeness (QED) is 0.587. The molecule has 2 N–H and O–H groups in total. The van der Waals surface area contributed by atoms with Crippen molar-refractivity contribution in [3.63, 3.8) is 0 Å². The van der Waals surface area contributed by atoms with E-state index in [0.717, 1.165) is 28.9 Å². The minimum Gasteiger partial charge on any atom is -0.326 e. The summed E-state index contributed by atoms with van der Waals surface area (Å²) in [5.74, 6) is -0.780. The molecule has 0 radical (unpaired) electrons. The first kappa shape index (κ1) is 21.7. The maximum atomic E-state index is 12.8. The summed E-state index contributed by atoms with van der Waals surface area (Å²) in [6.07, 6.45) is 1.01. The Balaban J connectivity index is 1.41. The van der Waals surface area contributed by atoms with Gasteiger partial charge in [0.2, 0.25) is 17.7 Å². The van der Waals surface area contributed by atoms with Crippen molar-refractivity contribution in [3.8, 4) is 11.3 Å². The third-order valence-corrected chi connectivity index (χ3v) is 6.15. The number of aromatic nitrogens is 1. The van der Waals surface area contributed by atoms with Crippen molar-refractivity contribution >= 4 is 45.6 Å². The zero-order valence-corrected chi connectivity index (χ0v) is 18.7. The second-order valence-corrected chi connectivity index (χ2v) is 8.53. The molecule has 4 rings (SSSR count). The number of thiazole rings is 1. The van der Waals surface area contributed by atoms with E-state index < -0.39 is 5.92 Å². The Bertz CT molecular complexity index is 1160. The molecule has 1 saturated heterocycles. The fraction of sp³-hybridized carbons (Fsp3) is 0.250. The number of aryl methyl sites for hydroxylation is 1. The van der Waals surface area contributed by atoms with E-state index in [1.54, 1.807) is 17.0 Å². The molecule has 0 bridgehead atoms. The summed E-state index contributed by atoms with van der Waals surface area (Å²) in [4.78, 5) is 42.8. The average Bonchev–Trinajstić information content (AvgIpc) is 3.40. The molecule has 0 saturated carbocycles. The van der Waals surface area contributed by atoms with Crippen LogP contribution in [-0.2, 0) is 20.8 Å². The number of rotatable bonds is 6. The highest BCUT2D eigenvalue weighted by Gasteiger charge is 2.36. The lowest BCUT2D eigenvalue weighted by molar-refractivity contribution is -0.122. The molecule has 0 spiro atoms. The molecule has 1 unspecified atom stereocenters. The number of hydrogen-bond acceptors (Lipinski definition) is 5. The molecule has 1 atom stereocenters. The highest BCUT2D eigenvalue weighted by Crippen LogP contribution is 2.30. The highest BCUT2D eigenvalue weighted by molar-refractivity contribution is 7.14. The summed E-state index contributed by atoms with van der Waals surface area (Å²) in [6.45, 7) is 3.88. The van der Waals surface area contributed by atoms with E-state index >= 15 is 0 Å². The van der Waals surface area contributed by atoms with Crippen LogP contribution in [0.3, 0.4) is 0 Å². The molecule has 7 nitrogen and oxygen atoms in total. The largest absolute Gasteiger partial charge is 0.326 e. The maximum Gasteiger partial charge on any atom is 0.231 e. The molecule has 2 aromatic carbocycles. The van der Waals surface area contributed by atoms with E-state index in [2.05, 4.69) is 22.5 Å². The van der Waals surface area contributed by atoms with Gasteiger partial charge in [-0.3, -0.25) is 14.4 Å². The number of hydrogen-bond donors (Lipinski definition) is 2. The van der Waals surface area contributed by atoms with E-state index in [9.17, 15) is 14.4 Å². The minimum absolute atomic E-state index is 0.0369. The number of carbonyl (C=O) groups is 3. The summed E-state index contributed by atoms with van der Waals surface area (Å²) in [7, 11) is 0. The Kier molecular flexibility index (Phi) is 6.32. The van der Waals surface area contributed by atoms with Crippen molar-refractivity contribution in [1.29, 1.82) is 0 Å². The molecule has 8 heteroatoms. The van der Waals surface area contributed by atoms with Gasteiger partial charge in [0.05, 0.1) is 11.6 Å².